The van der Waals surface area contributed by atoms with Gasteiger partial charge in [-0.1, -0.05) is 13.8 Å². The smallest absolute Gasteiger partial charge is 0.0304 e. The monoisotopic (exact) mass is 170 g/mol. The molecule has 0 aromatic heterocycles. The molecule has 0 aromatic carbocycles. The van der Waals surface area contributed by atoms with Crippen molar-refractivity contribution in [3.05, 3.63) is 0 Å². The number of likely N-dealkylation sites (N-methyl/N-ethyl adjacent to an activating group) is 1. The second-order valence-corrected chi connectivity index (χ2v) is 4.20. The molecule has 0 bridgehead atoms. The predicted molar refractivity (Wildman–Crippen MR) is 53.1 cm³/mol. The summed E-state index contributed by atoms with van der Waals surface area (Å²) >= 11 is 0. The first-order valence-corrected chi connectivity index (χ1v) is 5.17. The van der Waals surface area contributed by atoms with Crippen molar-refractivity contribution in [3.63, 3.8) is 0 Å². The van der Waals surface area contributed by atoms with Crippen molar-refractivity contribution >= 4 is 0 Å². The molecule has 0 spiro atoms. The summed E-state index contributed by atoms with van der Waals surface area (Å²) in [5.74, 6) is 0.906. The number of hydrogen-bond donors (Lipinski definition) is 2. The van der Waals surface area contributed by atoms with Crippen molar-refractivity contribution in [3.8, 4) is 0 Å². The van der Waals surface area contributed by atoms with Gasteiger partial charge in [-0.3, -0.25) is 0 Å². The molecule has 1 saturated carbocycles. The summed E-state index contributed by atoms with van der Waals surface area (Å²) in [5.41, 5.74) is 6.09. The van der Waals surface area contributed by atoms with Gasteiger partial charge in [0.15, 0.2) is 0 Å². The molecular formula is C10H22N2. The average Bonchev–Trinajstić information content (AvgIpc) is 2.10. The topological polar surface area (TPSA) is 38.0 Å². The Hall–Kier alpha value is -0.0800. The third kappa shape index (κ3) is 2.20. The summed E-state index contributed by atoms with van der Waals surface area (Å²) in [4.78, 5) is 0. The van der Waals surface area contributed by atoms with Gasteiger partial charge in [-0.05, 0) is 38.1 Å². The average molecular weight is 170 g/mol. The fraction of sp³-hybridized carbons (Fsp3) is 1.00. The quantitative estimate of drug-likeness (QED) is 0.673. The van der Waals surface area contributed by atoms with Crippen molar-refractivity contribution in [2.24, 2.45) is 11.7 Å². The Morgan fingerprint density at radius 2 is 2.00 bits per heavy atom. The van der Waals surface area contributed by atoms with Crippen molar-refractivity contribution in [1.82, 2.24) is 5.32 Å². The van der Waals surface area contributed by atoms with Crippen molar-refractivity contribution in [2.75, 3.05) is 13.1 Å². The fourth-order valence-corrected chi connectivity index (χ4v) is 2.14. The van der Waals surface area contributed by atoms with Crippen LogP contribution in [0.2, 0.25) is 0 Å². The van der Waals surface area contributed by atoms with Gasteiger partial charge in [0.1, 0.15) is 0 Å². The first-order valence-electron chi connectivity index (χ1n) is 5.17. The molecule has 0 amide bonds. The summed E-state index contributed by atoms with van der Waals surface area (Å²) in [6.07, 6.45) is 5.20. The van der Waals surface area contributed by atoms with Gasteiger partial charge in [0.2, 0.25) is 0 Å². The van der Waals surface area contributed by atoms with E-state index in [4.69, 9.17) is 5.73 Å². The van der Waals surface area contributed by atoms with Gasteiger partial charge in [-0.25, -0.2) is 0 Å². The molecule has 1 aliphatic rings. The van der Waals surface area contributed by atoms with E-state index in [1.165, 1.54) is 25.7 Å². The molecule has 0 aliphatic heterocycles. The van der Waals surface area contributed by atoms with Gasteiger partial charge in [-0.2, -0.15) is 0 Å². The molecule has 1 fully saturated rings. The summed E-state index contributed by atoms with van der Waals surface area (Å²) in [5, 5.41) is 3.54. The molecule has 2 heteroatoms. The van der Waals surface area contributed by atoms with Crippen LogP contribution in [-0.4, -0.2) is 18.6 Å². The van der Waals surface area contributed by atoms with Crippen LogP contribution < -0.4 is 11.1 Å². The highest BCUT2D eigenvalue weighted by Gasteiger charge is 2.31. The largest absolute Gasteiger partial charge is 0.329 e. The van der Waals surface area contributed by atoms with Crippen LogP contribution in [0.25, 0.3) is 0 Å². The Labute approximate surface area is 75.9 Å². The minimum atomic E-state index is 0.279. The summed E-state index contributed by atoms with van der Waals surface area (Å²) in [6, 6.07) is 0. The SMILES string of the molecule is CCNC1(CN)CCC(C)CC1. The minimum Gasteiger partial charge on any atom is -0.329 e. The van der Waals surface area contributed by atoms with Crippen LogP contribution in [0.15, 0.2) is 0 Å². The van der Waals surface area contributed by atoms with Crippen LogP contribution in [0.4, 0.5) is 0 Å². The maximum Gasteiger partial charge on any atom is 0.0304 e. The van der Waals surface area contributed by atoms with Crippen molar-refractivity contribution in [2.45, 2.75) is 45.1 Å². The normalized spacial score (nSPS) is 36.8. The lowest BCUT2D eigenvalue weighted by molar-refractivity contribution is 0.205. The Morgan fingerprint density at radius 3 is 2.42 bits per heavy atom. The molecule has 12 heavy (non-hydrogen) atoms. The molecule has 0 aromatic rings. The molecule has 0 heterocycles. The highest BCUT2D eigenvalue weighted by atomic mass is 15.0. The zero-order valence-electron chi connectivity index (χ0n) is 8.40. The second-order valence-electron chi connectivity index (χ2n) is 4.20. The summed E-state index contributed by atoms with van der Waals surface area (Å²) in [7, 11) is 0. The Kier molecular flexibility index (Phi) is 3.53. The van der Waals surface area contributed by atoms with Crippen LogP contribution in [0.5, 0.6) is 0 Å². The van der Waals surface area contributed by atoms with Gasteiger partial charge in [0.05, 0.1) is 0 Å². The van der Waals surface area contributed by atoms with E-state index in [1.807, 2.05) is 0 Å². The molecule has 1 aliphatic carbocycles. The third-order valence-corrected chi connectivity index (χ3v) is 3.17. The molecular weight excluding hydrogens is 148 g/mol. The highest BCUT2D eigenvalue weighted by Crippen LogP contribution is 2.30. The molecule has 0 atom stereocenters. The van der Waals surface area contributed by atoms with E-state index in [-0.39, 0.29) is 5.54 Å². The minimum absolute atomic E-state index is 0.279. The highest BCUT2D eigenvalue weighted by molar-refractivity contribution is 4.92. The van der Waals surface area contributed by atoms with Gasteiger partial charge in [0.25, 0.3) is 0 Å². The van der Waals surface area contributed by atoms with E-state index < -0.39 is 0 Å². The summed E-state index contributed by atoms with van der Waals surface area (Å²) in [6.45, 7) is 6.35. The molecule has 3 N–H and O–H groups in total. The zero-order valence-corrected chi connectivity index (χ0v) is 8.40. The molecule has 0 unspecified atom stereocenters. The molecule has 0 radical (unpaired) electrons. The Morgan fingerprint density at radius 1 is 1.42 bits per heavy atom. The van der Waals surface area contributed by atoms with E-state index in [9.17, 15) is 0 Å². The van der Waals surface area contributed by atoms with Gasteiger partial charge in [-0.15, -0.1) is 0 Å². The first kappa shape index (κ1) is 10.0. The van der Waals surface area contributed by atoms with E-state index >= 15 is 0 Å². The number of nitrogens with two attached hydrogens (primary N) is 1. The van der Waals surface area contributed by atoms with E-state index in [0.29, 0.717) is 0 Å². The maximum atomic E-state index is 5.81. The van der Waals surface area contributed by atoms with Crippen LogP contribution >= 0.6 is 0 Å². The number of hydrogen-bond acceptors (Lipinski definition) is 2. The fourth-order valence-electron chi connectivity index (χ4n) is 2.14. The lowest BCUT2D eigenvalue weighted by atomic mass is 9.77. The van der Waals surface area contributed by atoms with E-state index in [0.717, 1.165) is 19.0 Å². The van der Waals surface area contributed by atoms with Crippen LogP contribution in [0.3, 0.4) is 0 Å². The molecule has 0 saturated heterocycles. The maximum absolute atomic E-state index is 5.81. The van der Waals surface area contributed by atoms with Crippen molar-refractivity contribution in [1.29, 1.82) is 0 Å². The lowest BCUT2D eigenvalue weighted by Crippen LogP contribution is -2.53. The number of rotatable bonds is 3. The second kappa shape index (κ2) is 4.24. The van der Waals surface area contributed by atoms with Crippen LogP contribution in [0, 0.1) is 5.92 Å². The van der Waals surface area contributed by atoms with Crippen molar-refractivity contribution < 1.29 is 0 Å². The predicted octanol–water partition coefficient (Wildman–Crippen LogP) is 1.50. The summed E-state index contributed by atoms with van der Waals surface area (Å²) < 4.78 is 0. The van der Waals surface area contributed by atoms with Gasteiger partial charge >= 0.3 is 0 Å². The molecule has 72 valence electrons. The van der Waals surface area contributed by atoms with E-state index in [2.05, 4.69) is 19.2 Å². The Bertz CT molecular complexity index is 126. The molecule has 1 rings (SSSR count). The number of nitrogens with one attached hydrogen (secondary N) is 1. The Balaban J connectivity index is 2.45. The molecule has 2 nitrogen and oxygen atoms in total. The third-order valence-electron chi connectivity index (χ3n) is 3.17. The van der Waals surface area contributed by atoms with Gasteiger partial charge in [0, 0.05) is 12.1 Å². The first-order chi connectivity index (χ1) is 5.72. The van der Waals surface area contributed by atoms with Crippen LogP contribution in [0.1, 0.15) is 39.5 Å². The van der Waals surface area contributed by atoms with Crippen LogP contribution in [-0.2, 0) is 0 Å². The van der Waals surface area contributed by atoms with E-state index in [1.54, 1.807) is 0 Å². The zero-order chi connectivity index (χ0) is 9.03. The standard InChI is InChI=1S/C10H22N2/c1-3-12-10(8-11)6-4-9(2)5-7-10/h9,12H,3-8,11H2,1-2H3. The van der Waals surface area contributed by atoms with Gasteiger partial charge < -0.3 is 11.1 Å². The lowest BCUT2D eigenvalue weighted by Gasteiger charge is -2.39.